The van der Waals surface area contributed by atoms with Crippen molar-refractivity contribution in [3.05, 3.63) is 0 Å². The summed E-state index contributed by atoms with van der Waals surface area (Å²) in [6.07, 6.45) is 18.1. The summed E-state index contributed by atoms with van der Waals surface area (Å²) in [4.78, 5) is 0. The molecule has 0 aromatic rings. The van der Waals surface area contributed by atoms with Crippen LogP contribution in [0.1, 0.15) is 117 Å². The van der Waals surface area contributed by atoms with Crippen molar-refractivity contribution in [3.8, 4) is 0 Å². The second-order valence-corrected chi connectivity index (χ2v) is 6.57. The molecule has 121 valence electrons. The largest absolute Gasteiger partial charge is 0.230 e. The minimum absolute atomic E-state index is 0.616. The SMILES string of the molecule is CCCCCCCCC([O])(CC)CCCCCCCC. The second kappa shape index (κ2) is 13.9. The van der Waals surface area contributed by atoms with Gasteiger partial charge in [0.15, 0.2) is 0 Å². The van der Waals surface area contributed by atoms with Gasteiger partial charge >= 0.3 is 0 Å². The molecule has 20 heavy (non-hydrogen) atoms. The summed E-state index contributed by atoms with van der Waals surface area (Å²) in [5, 5.41) is 12.6. The van der Waals surface area contributed by atoms with Gasteiger partial charge in [-0.25, -0.2) is 5.11 Å². The molecule has 0 saturated carbocycles. The van der Waals surface area contributed by atoms with Crippen LogP contribution in [-0.4, -0.2) is 5.60 Å². The molecule has 1 radical (unpaired) electrons. The highest BCUT2D eigenvalue weighted by Gasteiger charge is 2.25. The predicted octanol–water partition coefficient (Wildman–Crippen LogP) is 7.07. The summed E-state index contributed by atoms with van der Waals surface area (Å²) in [6, 6.07) is 0. The van der Waals surface area contributed by atoms with Gasteiger partial charge in [0.1, 0.15) is 5.60 Å². The summed E-state index contributed by atoms with van der Waals surface area (Å²) in [7, 11) is 0. The van der Waals surface area contributed by atoms with Gasteiger partial charge in [0.05, 0.1) is 0 Å². The molecule has 1 heteroatoms. The van der Waals surface area contributed by atoms with Crippen molar-refractivity contribution in [2.45, 2.75) is 123 Å². The maximum atomic E-state index is 12.6. The fourth-order valence-corrected chi connectivity index (χ4v) is 2.93. The second-order valence-electron chi connectivity index (χ2n) is 6.57. The van der Waals surface area contributed by atoms with Crippen molar-refractivity contribution < 1.29 is 5.11 Å². The van der Waals surface area contributed by atoms with Crippen LogP contribution in [-0.2, 0) is 5.11 Å². The minimum atomic E-state index is -0.616. The molecule has 0 atom stereocenters. The average molecular weight is 284 g/mol. The lowest BCUT2D eigenvalue weighted by Gasteiger charge is -2.24. The highest BCUT2D eigenvalue weighted by Crippen LogP contribution is 2.27. The van der Waals surface area contributed by atoms with Crippen molar-refractivity contribution >= 4 is 0 Å². The predicted molar refractivity (Wildman–Crippen MR) is 89.7 cm³/mol. The molecule has 0 spiro atoms. The molecule has 0 fully saturated rings. The molecule has 0 heterocycles. The zero-order valence-corrected chi connectivity index (χ0v) is 14.5. The molecule has 0 aromatic heterocycles. The lowest BCUT2D eigenvalue weighted by atomic mass is 9.87. The van der Waals surface area contributed by atoms with Gasteiger partial charge in [-0.2, -0.15) is 0 Å². The van der Waals surface area contributed by atoms with Gasteiger partial charge in [0.25, 0.3) is 0 Å². The first-order valence-electron chi connectivity index (χ1n) is 9.39. The minimum Gasteiger partial charge on any atom is -0.230 e. The topological polar surface area (TPSA) is 19.9 Å². The van der Waals surface area contributed by atoms with Crippen LogP contribution >= 0.6 is 0 Å². The van der Waals surface area contributed by atoms with Gasteiger partial charge in [0, 0.05) is 0 Å². The van der Waals surface area contributed by atoms with Gasteiger partial charge in [-0.3, -0.25) is 0 Å². The third kappa shape index (κ3) is 11.8. The Bertz CT molecular complexity index is 172. The molecular formula is C19H39O. The van der Waals surface area contributed by atoms with E-state index in [1.165, 1.54) is 64.2 Å². The smallest absolute Gasteiger partial charge is 0.103 e. The molecule has 0 aliphatic rings. The standard InChI is InChI=1S/C19H39O/c1-4-7-9-11-13-15-17-19(20,6-3)18-16-14-12-10-8-5-2/h4-18H2,1-3H3. The Morgan fingerprint density at radius 3 is 1.25 bits per heavy atom. The molecule has 0 saturated heterocycles. The van der Waals surface area contributed by atoms with Crippen LogP contribution in [0.2, 0.25) is 0 Å². The van der Waals surface area contributed by atoms with Crippen LogP contribution in [0.25, 0.3) is 0 Å². The molecule has 0 unspecified atom stereocenters. The zero-order chi connectivity index (χ0) is 15.1. The first kappa shape index (κ1) is 20.0. The Balaban J connectivity index is 3.57. The van der Waals surface area contributed by atoms with Gasteiger partial charge in [-0.05, 0) is 19.3 Å². The number of rotatable bonds is 15. The molecule has 0 aliphatic heterocycles. The molecule has 0 rings (SSSR count). The van der Waals surface area contributed by atoms with Crippen molar-refractivity contribution in [3.63, 3.8) is 0 Å². The van der Waals surface area contributed by atoms with Crippen LogP contribution in [0.4, 0.5) is 0 Å². The molecule has 0 aliphatic carbocycles. The van der Waals surface area contributed by atoms with Crippen molar-refractivity contribution in [1.29, 1.82) is 0 Å². The quantitative estimate of drug-likeness (QED) is 0.286. The maximum absolute atomic E-state index is 12.6. The van der Waals surface area contributed by atoms with E-state index in [0.29, 0.717) is 0 Å². The fourth-order valence-electron chi connectivity index (χ4n) is 2.93. The Labute approximate surface area is 128 Å². The summed E-state index contributed by atoms with van der Waals surface area (Å²) in [5.74, 6) is 0. The van der Waals surface area contributed by atoms with Gasteiger partial charge in [-0.1, -0.05) is 97.8 Å². The van der Waals surface area contributed by atoms with E-state index in [0.717, 1.165) is 32.1 Å². The number of hydrogen-bond acceptors (Lipinski definition) is 0. The molecule has 0 N–H and O–H groups in total. The maximum Gasteiger partial charge on any atom is 0.103 e. The Hall–Kier alpha value is -0.0400. The van der Waals surface area contributed by atoms with Crippen molar-refractivity contribution in [1.82, 2.24) is 0 Å². The van der Waals surface area contributed by atoms with Crippen LogP contribution in [0.15, 0.2) is 0 Å². The van der Waals surface area contributed by atoms with Crippen molar-refractivity contribution in [2.24, 2.45) is 0 Å². The van der Waals surface area contributed by atoms with E-state index in [4.69, 9.17) is 0 Å². The Morgan fingerprint density at radius 1 is 0.550 bits per heavy atom. The monoisotopic (exact) mass is 283 g/mol. The van der Waals surface area contributed by atoms with Crippen LogP contribution in [0.5, 0.6) is 0 Å². The van der Waals surface area contributed by atoms with Gasteiger partial charge < -0.3 is 0 Å². The van der Waals surface area contributed by atoms with E-state index in [2.05, 4.69) is 20.8 Å². The Kier molecular flexibility index (Phi) is 13.9. The van der Waals surface area contributed by atoms with Crippen LogP contribution in [0, 0.1) is 0 Å². The molecule has 0 bridgehead atoms. The molecule has 1 nitrogen and oxygen atoms in total. The number of unbranched alkanes of at least 4 members (excludes halogenated alkanes) is 10. The summed E-state index contributed by atoms with van der Waals surface area (Å²) < 4.78 is 0. The molecule has 0 amide bonds. The van der Waals surface area contributed by atoms with Crippen LogP contribution in [0.3, 0.4) is 0 Å². The van der Waals surface area contributed by atoms with Crippen molar-refractivity contribution in [2.75, 3.05) is 0 Å². The van der Waals surface area contributed by atoms with Gasteiger partial charge in [-0.15, -0.1) is 0 Å². The highest BCUT2D eigenvalue weighted by atomic mass is 16.3. The summed E-state index contributed by atoms with van der Waals surface area (Å²) >= 11 is 0. The lowest BCUT2D eigenvalue weighted by molar-refractivity contribution is -0.0504. The average Bonchev–Trinajstić information content (AvgIpc) is 2.46. The molecule has 0 aromatic carbocycles. The normalized spacial score (nSPS) is 12.0. The van der Waals surface area contributed by atoms with E-state index in [1.54, 1.807) is 0 Å². The van der Waals surface area contributed by atoms with E-state index in [-0.39, 0.29) is 0 Å². The van der Waals surface area contributed by atoms with E-state index >= 15 is 0 Å². The summed E-state index contributed by atoms with van der Waals surface area (Å²) in [6.45, 7) is 6.59. The molecular weight excluding hydrogens is 244 g/mol. The Morgan fingerprint density at radius 2 is 0.900 bits per heavy atom. The third-order valence-corrected chi connectivity index (χ3v) is 4.62. The lowest BCUT2D eigenvalue weighted by Crippen LogP contribution is -2.25. The zero-order valence-electron chi connectivity index (χ0n) is 14.5. The third-order valence-electron chi connectivity index (χ3n) is 4.62. The fraction of sp³-hybridized carbons (Fsp3) is 1.00. The van der Waals surface area contributed by atoms with Crippen LogP contribution < -0.4 is 0 Å². The number of hydrogen-bond donors (Lipinski definition) is 0. The first-order valence-corrected chi connectivity index (χ1v) is 9.39. The summed E-state index contributed by atoms with van der Waals surface area (Å²) in [5.41, 5.74) is -0.616. The van der Waals surface area contributed by atoms with E-state index < -0.39 is 5.60 Å². The highest BCUT2D eigenvalue weighted by molar-refractivity contribution is 4.76. The van der Waals surface area contributed by atoms with E-state index in [1.807, 2.05) is 0 Å². The van der Waals surface area contributed by atoms with E-state index in [9.17, 15) is 5.11 Å². The first-order chi connectivity index (χ1) is 9.68. The van der Waals surface area contributed by atoms with Gasteiger partial charge in [0.2, 0.25) is 0 Å².